The average Bonchev–Trinajstić information content (AvgIpc) is 3.41. The number of fused-ring (bicyclic) bond motifs is 1. The predicted molar refractivity (Wildman–Crippen MR) is 117 cm³/mol. The molecule has 5 rings (SSSR count). The fraction of sp³-hybridized carbons (Fsp3) is 0.286. The van der Waals surface area contributed by atoms with Crippen molar-refractivity contribution in [3.63, 3.8) is 0 Å². The molecule has 3 aromatic rings. The summed E-state index contributed by atoms with van der Waals surface area (Å²) in [7, 11) is 0. The van der Waals surface area contributed by atoms with Crippen molar-refractivity contribution in [1.29, 1.82) is 0 Å². The minimum atomic E-state index is -0.574. The van der Waals surface area contributed by atoms with E-state index in [0.29, 0.717) is 29.1 Å². The van der Waals surface area contributed by atoms with Gasteiger partial charge in [0.25, 0.3) is 5.91 Å². The molecule has 3 amide bonds. The number of aryl methyl sites for hydroxylation is 1. The molecular formula is C21H22N8O3. The first kappa shape index (κ1) is 19.9. The average molecular weight is 434 g/mol. The third-order valence-corrected chi connectivity index (χ3v) is 5.29. The normalized spacial score (nSPS) is 18.0. The van der Waals surface area contributed by atoms with E-state index in [2.05, 4.69) is 36.3 Å². The van der Waals surface area contributed by atoms with Crippen molar-refractivity contribution >= 4 is 35.6 Å². The van der Waals surface area contributed by atoms with Gasteiger partial charge in [0.1, 0.15) is 5.70 Å². The predicted octanol–water partition coefficient (Wildman–Crippen LogP) is 1.33. The molecule has 0 spiro atoms. The van der Waals surface area contributed by atoms with Crippen molar-refractivity contribution in [2.45, 2.75) is 31.8 Å². The van der Waals surface area contributed by atoms with Crippen LogP contribution < -0.4 is 21.3 Å². The highest BCUT2D eigenvalue weighted by molar-refractivity contribution is 6.14. The van der Waals surface area contributed by atoms with Gasteiger partial charge < -0.3 is 21.1 Å². The number of imide groups is 1. The van der Waals surface area contributed by atoms with Gasteiger partial charge in [-0.15, -0.1) is 0 Å². The highest BCUT2D eigenvalue weighted by Crippen LogP contribution is 2.26. The maximum absolute atomic E-state index is 11.9. The zero-order valence-electron chi connectivity index (χ0n) is 17.3. The molecule has 11 heteroatoms. The summed E-state index contributed by atoms with van der Waals surface area (Å²) in [6.07, 6.45) is 5.16. The van der Waals surface area contributed by atoms with Gasteiger partial charge in [-0.1, -0.05) is 29.8 Å². The molecule has 2 fully saturated rings. The van der Waals surface area contributed by atoms with E-state index in [0.717, 1.165) is 24.0 Å². The van der Waals surface area contributed by atoms with Crippen LogP contribution in [0.2, 0.25) is 0 Å². The smallest absolute Gasteiger partial charge is 0.326 e. The zero-order valence-corrected chi connectivity index (χ0v) is 17.3. The number of amides is 3. The first-order valence-corrected chi connectivity index (χ1v) is 10.3. The van der Waals surface area contributed by atoms with E-state index >= 15 is 0 Å². The summed E-state index contributed by atoms with van der Waals surface area (Å²) in [6, 6.07) is 7.18. The summed E-state index contributed by atoms with van der Waals surface area (Å²) >= 11 is 0. The minimum absolute atomic E-state index is 0.114. The SMILES string of the molecule is Cc1ccc(C(CO)Nc2nc(NC3CC3)n3ncc(/C=C4\NC(=O)NC4=O)c3n2)cc1. The standard InChI is InChI=1S/C21H22N8O3/c1-11-2-4-12(5-3-11)16(10-30)24-19-26-17-13(8-15-18(31)27-21(32)25-15)9-22-29(17)20(28-19)23-14-6-7-14/h2-5,8-9,14,16,30H,6-7,10H2,1H3,(H2,23,24,26,28)(H2,25,27,31,32)/b15-8-. The summed E-state index contributed by atoms with van der Waals surface area (Å²) in [5.74, 6) is 0.295. The molecule has 1 atom stereocenters. The molecule has 1 aromatic carbocycles. The molecule has 0 bridgehead atoms. The molecular weight excluding hydrogens is 412 g/mol. The first-order valence-electron chi connectivity index (χ1n) is 10.3. The monoisotopic (exact) mass is 434 g/mol. The summed E-state index contributed by atoms with van der Waals surface area (Å²) in [5.41, 5.74) is 3.13. The maximum Gasteiger partial charge on any atom is 0.326 e. The van der Waals surface area contributed by atoms with Crippen LogP contribution in [-0.4, -0.2) is 49.3 Å². The van der Waals surface area contributed by atoms with E-state index in [9.17, 15) is 14.7 Å². The number of anilines is 2. The summed E-state index contributed by atoms with van der Waals surface area (Å²) in [5, 5.41) is 25.5. The number of carbonyl (C=O) groups excluding carboxylic acids is 2. The van der Waals surface area contributed by atoms with E-state index < -0.39 is 18.0 Å². The summed E-state index contributed by atoms with van der Waals surface area (Å²) in [6.45, 7) is 1.85. The molecule has 164 valence electrons. The lowest BCUT2D eigenvalue weighted by Crippen LogP contribution is -2.22. The number of aliphatic hydroxyl groups excluding tert-OH is 1. The first-order chi connectivity index (χ1) is 15.5. The maximum atomic E-state index is 11.9. The number of rotatable bonds is 7. The third-order valence-electron chi connectivity index (χ3n) is 5.29. The van der Waals surface area contributed by atoms with Crippen LogP contribution >= 0.6 is 0 Å². The topological polar surface area (TPSA) is 146 Å². The quantitative estimate of drug-likeness (QED) is 0.277. The number of urea groups is 1. The zero-order chi connectivity index (χ0) is 22.2. The highest BCUT2D eigenvalue weighted by atomic mass is 16.3. The Morgan fingerprint density at radius 1 is 1.22 bits per heavy atom. The van der Waals surface area contributed by atoms with E-state index in [1.165, 1.54) is 6.08 Å². The lowest BCUT2D eigenvalue weighted by Gasteiger charge is -2.18. The number of hydrogen-bond acceptors (Lipinski definition) is 8. The lowest BCUT2D eigenvalue weighted by molar-refractivity contribution is -0.115. The van der Waals surface area contributed by atoms with Gasteiger partial charge in [0, 0.05) is 11.6 Å². The van der Waals surface area contributed by atoms with Crippen LogP contribution in [0.1, 0.15) is 35.6 Å². The molecule has 2 aromatic heterocycles. The Labute approximate surface area is 182 Å². The van der Waals surface area contributed by atoms with Crippen LogP contribution in [0.15, 0.2) is 36.2 Å². The number of aliphatic hydroxyl groups is 1. The van der Waals surface area contributed by atoms with Crippen LogP contribution in [-0.2, 0) is 4.79 Å². The number of nitrogens with one attached hydrogen (secondary N) is 4. The van der Waals surface area contributed by atoms with Gasteiger partial charge in [-0.25, -0.2) is 4.79 Å². The van der Waals surface area contributed by atoms with Crippen molar-refractivity contribution < 1.29 is 14.7 Å². The molecule has 3 heterocycles. The molecule has 2 aliphatic rings. The summed E-state index contributed by atoms with van der Waals surface area (Å²) < 4.78 is 1.56. The molecule has 1 aliphatic heterocycles. The minimum Gasteiger partial charge on any atom is -0.394 e. The molecule has 1 saturated heterocycles. The van der Waals surface area contributed by atoms with Gasteiger partial charge in [-0.3, -0.25) is 10.1 Å². The second-order valence-corrected chi connectivity index (χ2v) is 7.88. The molecule has 1 saturated carbocycles. The Kier molecular flexibility index (Phi) is 4.94. The van der Waals surface area contributed by atoms with Gasteiger partial charge in [-0.2, -0.15) is 19.6 Å². The lowest BCUT2D eigenvalue weighted by atomic mass is 10.1. The van der Waals surface area contributed by atoms with E-state index in [4.69, 9.17) is 0 Å². The molecule has 1 unspecified atom stereocenters. The van der Waals surface area contributed by atoms with Crippen LogP contribution in [0, 0.1) is 6.92 Å². The molecule has 5 N–H and O–H groups in total. The number of hydrogen-bond donors (Lipinski definition) is 5. The van der Waals surface area contributed by atoms with Crippen molar-refractivity contribution in [1.82, 2.24) is 30.2 Å². The van der Waals surface area contributed by atoms with Crippen molar-refractivity contribution in [3.8, 4) is 0 Å². The largest absolute Gasteiger partial charge is 0.394 e. The Balaban J connectivity index is 1.53. The van der Waals surface area contributed by atoms with Gasteiger partial charge in [0.15, 0.2) is 5.65 Å². The van der Waals surface area contributed by atoms with Gasteiger partial charge in [-0.05, 0) is 31.4 Å². The van der Waals surface area contributed by atoms with Crippen LogP contribution in [0.5, 0.6) is 0 Å². The van der Waals surface area contributed by atoms with Gasteiger partial charge in [0.05, 0.1) is 18.8 Å². The second-order valence-electron chi connectivity index (χ2n) is 7.88. The van der Waals surface area contributed by atoms with E-state index in [-0.39, 0.29) is 12.3 Å². The second kappa shape index (κ2) is 7.93. The number of benzene rings is 1. The molecule has 32 heavy (non-hydrogen) atoms. The Bertz CT molecular complexity index is 1230. The molecule has 11 nitrogen and oxygen atoms in total. The number of nitrogens with zero attached hydrogens (tertiary/aromatic N) is 4. The van der Waals surface area contributed by atoms with E-state index in [1.807, 2.05) is 31.2 Å². The number of carbonyl (C=O) groups is 2. The van der Waals surface area contributed by atoms with Crippen LogP contribution in [0.3, 0.4) is 0 Å². The van der Waals surface area contributed by atoms with Gasteiger partial charge in [0.2, 0.25) is 11.9 Å². The van der Waals surface area contributed by atoms with Crippen molar-refractivity contribution in [2.75, 3.05) is 17.2 Å². The van der Waals surface area contributed by atoms with E-state index in [1.54, 1.807) is 10.7 Å². The molecule has 1 aliphatic carbocycles. The third kappa shape index (κ3) is 3.97. The summed E-state index contributed by atoms with van der Waals surface area (Å²) in [4.78, 5) is 32.5. The fourth-order valence-electron chi connectivity index (χ4n) is 3.39. The van der Waals surface area contributed by atoms with Crippen LogP contribution in [0.4, 0.5) is 16.7 Å². The highest BCUT2D eigenvalue weighted by Gasteiger charge is 2.26. The van der Waals surface area contributed by atoms with Gasteiger partial charge >= 0.3 is 6.03 Å². The van der Waals surface area contributed by atoms with Crippen molar-refractivity contribution in [3.05, 3.63) is 52.8 Å². The van der Waals surface area contributed by atoms with Crippen molar-refractivity contribution in [2.24, 2.45) is 0 Å². The Hall–Kier alpha value is -3.99. The Morgan fingerprint density at radius 2 is 2.00 bits per heavy atom. The van der Waals surface area contributed by atoms with Crippen LogP contribution in [0.25, 0.3) is 11.7 Å². The molecule has 0 radical (unpaired) electrons. The fourth-order valence-corrected chi connectivity index (χ4v) is 3.39. The number of aromatic nitrogens is 4. The Morgan fingerprint density at radius 3 is 2.66 bits per heavy atom.